The molecular weight excluding hydrogens is 130 g/mol. The first kappa shape index (κ1) is 6.23. The molecule has 0 unspecified atom stereocenters. The van der Waals surface area contributed by atoms with Crippen molar-refractivity contribution in [3.63, 3.8) is 0 Å². The number of nitrogens with zero attached hydrogens (tertiary/aromatic N) is 1. The lowest BCUT2D eigenvalue weighted by Gasteiger charge is -1.85. The summed E-state index contributed by atoms with van der Waals surface area (Å²) in [6.45, 7) is 0. The van der Waals surface area contributed by atoms with Crippen LogP contribution in [-0.4, -0.2) is 4.98 Å². The van der Waals surface area contributed by atoms with Crippen LogP contribution >= 0.6 is 12.6 Å². The van der Waals surface area contributed by atoms with Crippen molar-refractivity contribution in [2.24, 2.45) is 0 Å². The van der Waals surface area contributed by atoms with Crippen molar-refractivity contribution in [1.82, 2.24) is 4.98 Å². The van der Waals surface area contributed by atoms with E-state index in [1.54, 1.807) is 17.8 Å². The Labute approximate surface area is 59.8 Å². The first-order chi connectivity index (χ1) is 4.43. The molecule has 0 aliphatic heterocycles. The average Bonchev–Trinajstić information content (AvgIpc) is 1.91. The molecule has 0 aliphatic carbocycles. The third-order valence-electron chi connectivity index (χ3n) is 0.967. The minimum Gasteiger partial charge on any atom is -0.265 e. The summed E-state index contributed by atoms with van der Waals surface area (Å²) in [5, 5.41) is 1.59. The van der Waals surface area contributed by atoms with Gasteiger partial charge in [0, 0.05) is 17.8 Å². The van der Waals surface area contributed by atoms with Gasteiger partial charge in [0.15, 0.2) is 0 Å². The maximum absolute atomic E-state index is 4.63. The van der Waals surface area contributed by atoms with Gasteiger partial charge in [-0.2, -0.15) is 0 Å². The molecular formula is C7H6NS. The van der Waals surface area contributed by atoms with Gasteiger partial charge in [0.1, 0.15) is 0 Å². The molecule has 0 saturated carbocycles. The average molecular weight is 136 g/mol. The third kappa shape index (κ3) is 1.82. The van der Waals surface area contributed by atoms with Crippen LogP contribution in [0.25, 0.3) is 6.08 Å². The molecule has 0 N–H and O–H groups in total. The van der Waals surface area contributed by atoms with E-state index in [1.165, 1.54) is 0 Å². The molecule has 1 radical (unpaired) electrons. The maximum Gasteiger partial charge on any atom is 0.0273 e. The molecule has 0 aromatic carbocycles. The number of hydrogen-bond donors (Lipinski definition) is 0. The summed E-state index contributed by atoms with van der Waals surface area (Å²) >= 11 is 4.63. The first-order valence-electron chi connectivity index (χ1n) is 2.62. The van der Waals surface area contributed by atoms with Crippen molar-refractivity contribution in [1.29, 1.82) is 0 Å². The van der Waals surface area contributed by atoms with Gasteiger partial charge in [-0.1, -0.05) is 12.6 Å². The fourth-order valence-corrected chi connectivity index (χ4v) is 0.710. The van der Waals surface area contributed by atoms with Crippen LogP contribution < -0.4 is 0 Å². The zero-order valence-corrected chi connectivity index (χ0v) is 5.64. The second kappa shape index (κ2) is 3.20. The standard InChI is InChI=1S/C7H6NS/c9-6-3-7-1-4-8-5-2-7/h1-6H/b6-3+. The highest BCUT2D eigenvalue weighted by molar-refractivity contribution is 7.83. The van der Waals surface area contributed by atoms with Gasteiger partial charge < -0.3 is 0 Å². The van der Waals surface area contributed by atoms with Crippen LogP contribution in [0.3, 0.4) is 0 Å². The van der Waals surface area contributed by atoms with Crippen LogP contribution in [0.1, 0.15) is 5.56 Å². The lowest BCUT2D eigenvalue weighted by atomic mass is 10.3. The van der Waals surface area contributed by atoms with Gasteiger partial charge in [0.25, 0.3) is 0 Å². The predicted octanol–water partition coefficient (Wildman–Crippen LogP) is 2.25. The number of rotatable bonds is 1. The molecule has 0 saturated heterocycles. The fourth-order valence-electron chi connectivity index (χ4n) is 0.553. The second-order valence-electron chi connectivity index (χ2n) is 1.58. The van der Waals surface area contributed by atoms with Crippen molar-refractivity contribution in [2.45, 2.75) is 0 Å². The summed E-state index contributed by atoms with van der Waals surface area (Å²) in [7, 11) is 0. The van der Waals surface area contributed by atoms with Gasteiger partial charge in [-0.3, -0.25) is 4.98 Å². The highest BCUT2D eigenvalue weighted by atomic mass is 32.1. The monoisotopic (exact) mass is 136 g/mol. The predicted molar refractivity (Wildman–Crippen MR) is 40.9 cm³/mol. The summed E-state index contributed by atoms with van der Waals surface area (Å²) in [6.07, 6.45) is 5.34. The number of hydrogen-bond acceptors (Lipinski definition) is 1. The summed E-state index contributed by atoms with van der Waals surface area (Å²) < 4.78 is 0. The molecule has 1 aromatic rings. The van der Waals surface area contributed by atoms with E-state index in [-0.39, 0.29) is 0 Å². The third-order valence-corrected chi connectivity index (χ3v) is 1.10. The van der Waals surface area contributed by atoms with E-state index in [0.29, 0.717) is 0 Å². The van der Waals surface area contributed by atoms with Gasteiger partial charge >= 0.3 is 0 Å². The molecule has 0 amide bonds. The Hall–Kier alpha value is -0.890. The lowest BCUT2D eigenvalue weighted by Crippen LogP contribution is -1.70. The van der Waals surface area contributed by atoms with Crippen LogP contribution in [0.4, 0.5) is 0 Å². The lowest BCUT2D eigenvalue weighted by molar-refractivity contribution is 1.32. The van der Waals surface area contributed by atoms with Crippen molar-refractivity contribution >= 4 is 18.7 Å². The number of aromatic nitrogens is 1. The summed E-state index contributed by atoms with van der Waals surface area (Å²) in [4.78, 5) is 3.86. The maximum atomic E-state index is 4.63. The van der Waals surface area contributed by atoms with E-state index in [4.69, 9.17) is 0 Å². The van der Waals surface area contributed by atoms with E-state index in [1.807, 2.05) is 18.2 Å². The van der Waals surface area contributed by atoms with Crippen LogP contribution in [0.15, 0.2) is 29.9 Å². The Morgan fingerprint density at radius 3 is 2.56 bits per heavy atom. The first-order valence-corrected chi connectivity index (χ1v) is 3.09. The summed E-state index contributed by atoms with van der Waals surface area (Å²) in [5.41, 5.74) is 1.10. The normalized spacial score (nSPS) is 10.2. The van der Waals surface area contributed by atoms with E-state index in [0.717, 1.165) is 5.56 Å². The molecule has 9 heavy (non-hydrogen) atoms. The summed E-state index contributed by atoms with van der Waals surface area (Å²) in [5.74, 6) is 0. The van der Waals surface area contributed by atoms with Crippen LogP contribution in [0, 0.1) is 0 Å². The van der Waals surface area contributed by atoms with Crippen LogP contribution in [-0.2, 0) is 0 Å². The van der Waals surface area contributed by atoms with Gasteiger partial charge in [0.05, 0.1) is 0 Å². The molecule has 2 heteroatoms. The molecule has 0 aliphatic rings. The molecule has 0 atom stereocenters. The number of pyridine rings is 1. The van der Waals surface area contributed by atoms with Crippen LogP contribution in [0.5, 0.6) is 0 Å². The zero-order chi connectivity index (χ0) is 6.53. The molecule has 0 spiro atoms. The molecule has 1 aromatic heterocycles. The quantitative estimate of drug-likeness (QED) is 0.577. The minimum absolute atomic E-state index is 1.10. The molecule has 1 heterocycles. The molecule has 1 rings (SSSR count). The van der Waals surface area contributed by atoms with Gasteiger partial charge in [-0.25, -0.2) is 0 Å². The van der Waals surface area contributed by atoms with Crippen molar-refractivity contribution in [3.05, 3.63) is 35.5 Å². The van der Waals surface area contributed by atoms with Gasteiger partial charge in [0.2, 0.25) is 0 Å². The largest absolute Gasteiger partial charge is 0.265 e. The van der Waals surface area contributed by atoms with Gasteiger partial charge in [-0.15, -0.1) is 0 Å². The molecule has 1 nitrogen and oxygen atoms in total. The summed E-state index contributed by atoms with van der Waals surface area (Å²) in [6, 6.07) is 3.81. The smallest absolute Gasteiger partial charge is 0.0273 e. The van der Waals surface area contributed by atoms with Crippen LogP contribution in [0.2, 0.25) is 0 Å². The van der Waals surface area contributed by atoms with Crippen molar-refractivity contribution in [3.8, 4) is 0 Å². The Bertz CT molecular complexity index is 193. The SMILES string of the molecule is [S]/C=C/c1ccncc1. The van der Waals surface area contributed by atoms with E-state index in [2.05, 4.69) is 17.6 Å². The Kier molecular flexibility index (Phi) is 2.22. The topological polar surface area (TPSA) is 12.9 Å². The zero-order valence-electron chi connectivity index (χ0n) is 4.82. The Balaban J connectivity index is 2.85. The van der Waals surface area contributed by atoms with Gasteiger partial charge in [-0.05, 0) is 23.8 Å². The highest BCUT2D eigenvalue weighted by Crippen LogP contribution is 1.98. The van der Waals surface area contributed by atoms with E-state index >= 15 is 0 Å². The van der Waals surface area contributed by atoms with Crippen molar-refractivity contribution < 1.29 is 0 Å². The highest BCUT2D eigenvalue weighted by Gasteiger charge is 1.79. The van der Waals surface area contributed by atoms with Crippen molar-refractivity contribution in [2.75, 3.05) is 0 Å². The Morgan fingerprint density at radius 2 is 2.00 bits per heavy atom. The molecule has 45 valence electrons. The fraction of sp³-hybridized carbons (Fsp3) is 0. The van der Waals surface area contributed by atoms with E-state index in [9.17, 15) is 0 Å². The molecule has 0 bridgehead atoms. The van der Waals surface area contributed by atoms with E-state index < -0.39 is 0 Å². The minimum atomic E-state index is 1.10. The second-order valence-corrected chi connectivity index (χ2v) is 1.86. The molecule has 0 fully saturated rings. The Morgan fingerprint density at radius 1 is 1.33 bits per heavy atom.